The molecule has 1 aromatic heterocycles. The van der Waals surface area contributed by atoms with Crippen LogP contribution in [-0.2, 0) is 22.5 Å². The number of fused-ring (bicyclic) bond motifs is 3. The van der Waals surface area contributed by atoms with Crippen molar-refractivity contribution < 1.29 is 14.3 Å². The highest BCUT2D eigenvalue weighted by molar-refractivity contribution is 5.98. The average molecular weight is 320 g/mol. The van der Waals surface area contributed by atoms with Crippen LogP contribution in [0.15, 0.2) is 54.6 Å². The predicted molar refractivity (Wildman–Crippen MR) is 89.5 cm³/mol. The number of rotatable bonds is 2. The lowest BCUT2D eigenvalue weighted by Gasteiger charge is -2.22. The Balaban J connectivity index is 1.52. The smallest absolute Gasteiger partial charge is 0.345 e. The minimum Gasteiger partial charge on any atom is -0.388 e. The number of para-hydroxylation sites is 1. The molecule has 0 amide bonds. The van der Waals surface area contributed by atoms with Gasteiger partial charge in [-0.15, -0.1) is 0 Å². The van der Waals surface area contributed by atoms with Crippen molar-refractivity contribution in [1.29, 1.82) is 0 Å². The van der Waals surface area contributed by atoms with E-state index in [0.717, 1.165) is 22.2 Å². The summed E-state index contributed by atoms with van der Waals surface area (Å²) in [7, 11) is 0. The lowest BCUT2D eigenvalue weighted by Crippen LogP contribution is -2.43. The summed E-state index contributed by atoms with van der Waals surface area (Å²) in [6.45, 7) is 0.545. The van der Waals surface area contributed by atoms with Crippen LogP contribution in [0.1, 0.15) is 21.6 Å². The fourth-order valence-corrected chi connectivity index (χ4v) is 3.10. The van der Waals surface area contributed by atoms with Gasteiger partial charge in [0.15, 0.2) is 0 Å². The summed E-state index contributed by atoms with van der Waals surface area (Å²) >= 11 is 0. The van der Waals surface area contributed by atoms with Crippen LogP contribution < -0.4 is 5.32 Å². The van der Waals surface area contributed by atoms with Gasteiger partial charge in [-0.25, -0.2) is 9.59 Å². The molecule has 4 rings (SSSR count). The standard InChI is InChI=1S/C19H16N2O3/c22-18(12-6-2-1-3-7-12)24-19(23)16-10-14-13-8-4-5-9-15(13)21-17(14)11-20-16/h1-9,16,20-21H,10-11H2. The second-order valence-electron chi connectivity index (χ2n) is 5.84. The highest BCUT2D eigenvalue weighted by Gasteiger charge is 2.29. The Hall–Kier alpha value is -2.92. The van der Waals surface area contributed by atoms with E-state index in [0.29, 0.717) is 18.5 Å². The minimum absolute atomic E-state index is 0.370. The normalized spacial score (nSPS) is 16.6. The number of hydrogen-bond acceptors (Lipinski definition) is 4. The summed E-state index contributed by atoms with van der Waals surface area (Å²) in [5.74, 6) is -1.16. The molecule has 0 bridgehead atoms. The third kappa shape index (κ3) is 2.59. The molecule has 0 aliphatic carbocycles. The van der Waals surface area contributed by atoms with Crippen LogP contribution in [0.25, 0.3) is 10.9 Å². The lowest BCUT2D eigenvalue weighted by molar-refractivity contribution is -0.140. The van der Waals surface area contributed by atoms with Crippen molar-refractivity contribution in [2.24, 2.45) is 0 Å². The average Bonchev–Trinajstić information content (AvgIpc) is 3.00. The number of H-pyrrole nitrogens is 1. The van der Waals surface area contributed by atoms with Gasteiger partial charge in [0, 0.05) is 29.6 Å². The molecule has 0 radical (unpaired) electrons. The molecule has 5 heteroatoms. The van der Waals surface area contributed by atoms with Gasteiger partial charge in [0.2, 0.25) is 0 Å². The molecule has 0 saturated heterocycles. The first kappa shape index (κ1) is 14.7. The van der Waals surface area contributed by atoms with Crippen molar-refractivity contribution in [2.75, 3.05) is 0 Å². The predicted octanol–water partition coefficient (Wildman–Crippen LogP) is 2.57. The van der Waals surface area contributed by atoms with Crippen molar-refractivity contribution in [1.82, 2.24) is 10.3 Å². The maximum atomic E-state index is 12.3. The number of carbonyl (C=O) groups excluding carboxylic acids is 2. The number of esters is 2. The van der Waals surface area contributed by atoms with Crippen molar-refractivity contribution in [3.8, 4) is 0 Å². The zero-order chi connectivity index (χ0) is 16.5. The second kappa shape index (κ2) is 5.94. The van der Waals surface area contributed by atoms with E-state index in [1.807, 2.05) is 24.3 Å². The molecule has 2 N–H and O–H groups in total. The third-order valence-electron chi connectivity index (χ3n) is 4.32. The van der Waals surface area contributed by atoms with Crippen molar-refractivity contribution in [3.05, 3.63) is 71.4 Å². The first-order chi connectivity index (χ1) is 11.7. The van der Waals surface area contributed by atoms with E-state index in [4.69, 9.17) is 4.74 Å². The van der Waals surface area contributed by atoms with Crippen LogP contribution in [0, 0.1) is 0 Å². The maximum absolute atomic E-state index is 12.3. The molecule has 5 nitrogen and oxygen atoms in total. The van der Waals surface area contributed by atoms with E-state index in [1.54, 1.807) is 30.3 Å². The molecule has 2 heterocycles. The van der Waals surface area contributed by atoms with E-state index in [2.05, 4.69) is 10.3 Å². The topological polar surface area (TPSA) is 71.2 Å². The number of aromatic nitrogens is 1. The van der Waals surface area contributed by atoms with Gasteiger partial charge < -0.3 is 9.72 Å². The Morgan fingerprint density at radius 3 is 2.58 bits per heavy atom. The molecule has 0 fully saturated rings. The van der Waals surface area contributed by atoms with Crippen LogP contribution in [0.2, 0.25) is 0 Å². The summed E-state index contributed by atoms with van der Waals surface area (Å²) in [5.41, 5.74) is 3.61. The quantitative estimate of drug-likeness (QED) is 0.562. The molecular weight excluding hydrogens is 304 g/mol. The minimum atomic E-state index is -0.618. The Kier molecular flexibility index (Phi) is 3.63. The molecule has 2 aromatic carbocycles. The van der Waals surface area contributed by atoms with E-state index >= 15 is 0 Å². The number of nitrogens with one attached hydrogen (secondary N) is 2. The number of ether oxygens (including phenoxy) is 1. The summed E-state index contributed by atoms with van der Waals surface area (Å²) < 4.78 is 5.03. The summed E-state index contributed by atoms with van der Waals surface area (Å²) in [6, 6.07) is 16.0. The van der Waals surface area contributed by atoms with Gasteiger partial charge in [0.05, 0.1) is 5.56 Å². The maximum Gasteiger partial charge on any atom is 0.345 e. The molecule has 0 spiro atoms. The van der Waals surface area contributed by atoms with E-state index < -0.39 is 18.0 Å². The summed E-state index contributed by atoms with van der Waals surface area (Å²) in [6.07, 6.45) is 0.500. The third-order valence-corrected chi connectivity index (χ3v) is 4.32. The van der Waals surface area contributed by atoms with Crippen LogP contribution in [-0.4, -0.2) is 23.0 Å². The summed E-state index contributed by atoms with van der Waals surface area (Å²) in [4.78, 5) is 27.7. The summed E-state index contributed by atoms with van der Waals surface area (Å²) in [5, 5.41) is 4.25. The van der Waals surface area contributed by atoms with Crippen molar-refractivity contribution in [3.63, 3.8) is 0 Å². The van der Waals surface area contributed by atoms with Crippen LogP contribution in [0.4, 0.5) is 0 Å². The molecule has 1 aliphatic heterocycles. The van der Waals surface area contributed by atoms with Gasteiger partial charge in [-0.3, -0.25) is 5.32 Å². The molecule has 3 aromatic rings. The fraction of sp³-hybridized carbons (Fsp3) is 0.158. The molecule has 24 heavy (non-hydrogen) atoms. The fourth-order valence-electron chi connectivity index (χ4n) is 3.10. The molecule has 120 valence electrons. The highest BCUT2D eigenvalue weighted by atomic mass is 16.6. The molecule has 1 atom stereocenters. The SMILES string of the molecule is O=C(OC(=O)C1Cc2c([nH]c3ccccc23)CN1)c1ccccc1. The zero-order valence-electron chi connectivity index (χ0n) is 12.9. The van der Waals surface area contributed by atoms with Gasteiger partial charge in [0.1, 0.15) is 6.04 Å². The Morgan fingerprint density at radius 1 is 1.00 bits per heavy atom. The van der Waals surface area contributed by atoms with Gasteiger partial charge in [-0.05, 0) is 23.8 Å². The molecular formula is C19H16N2O3. The van der Waals surface area contributed by atoms with Gasteiger partial charge in [0.25, 0.3) is 0 Å². The Bertz CT molecular complexity index is 915. The monoisotopic (exact) mass is 320 g/mol. The van der Waals surface area contributed by atoms with Crippen LogP contribution in [0.5, 0.6) is 0 Å². The van der Waals surface area contributed by atoms with Crippen LogP contribution in [0.3, 0.4) is 0 Å². The van der Waals surface area contributed by atoms with Gasteiger partial charge >= 0.3 is 11.9 Å². The number of hydrogen-bond donors (Lipinski definition) is 2. The number of aromatic amines is 1. The zero-order valence-corrected chi connectivity index (χ0v) is 12.9. The molecule has 0 saturated carbocycles. The number of carbonyl (C=O) groups is 2. The second-order valence-corrected chi connectivity index (χ2v) is 5.84. The first-order valence-electron chi connectivity index (χ1n) is 7.85. The van der Waals surface area contributed by atoms with E-state index in [-0.39, 0.29) is 0 Å². The van der Waals surface area contributed by atoms with Gasteiger partial charge in [-0.1, -0.05) is 36.4 Å². The van der Waals surface area contributed by atoms with Crippen molar-refractivity contribution >= 4 is 22.8 Å². The largest absolute Gasteiger partial charge is 0.388 e. The molecule has 1 unspecified atom stereocenters. The number of benzene rings is 2. The Morgan fingerprint density at radius 2 is 1.75 bits per heavy atom. The van der Waals surface area contributed by atoms with Crippen molar-refractivity contribution in [2.45, 2.75) is 19.0 Å². The molecule has 1 aliphatic rings. The van der Waals surface area contributed by atoms with E-state index in [1.165, 1.54) is 0 Å². The first-order valence-corrected chi connectivity index (χ1v) is 7.85. The lowest BCUT2D eigenvalue weighted by atomic mass is 9.98. The highest BCUT2D eigenvalue weighted by Crippen LogP contribution is 2.26. The Labute approximate surface area is 138 Å². The van der Waals surface area contributed by atoms with Gasteiger partial charge in [-0.2, -0.15) is 0 Å². The van der Waals surface area contributed by atoms with Crippen LogP contribution >= 0.6 is 0 Å². The van der Waals surface area contributed by atoms with E-state index in [9.17, 15) is 9.59 Å².